The van der Waals surface area contributed by atoms with Crippen molar-refractivity contribution in [3.63, 3.8) is 0 Å². The second-order valence-corrected chi connectivity index (χ2v) is 4.95. The second kappa shape index (κ2) is 13.2. The zero-order valence-electron chi connectivity index (χ0n) is 8.32. The van der Waals surface area contributed by atoms with E-state index >= 15 is 0 Å². The van der Waals surface area contributed by atoms with Crippen molar-refractivity contribution in [2.24, 2.45) is 0 Å². The summed E-state index contributed by atoms with van der Waals surface area (Å²) in [4.78, 5) is 0. The summed E-state index contributed by atoms with van der Waals surface area (Å²) in [7, 11) is 9.72. The zero-order chi connectivity index (χ0) is 11.4. The second-order valence-electron chi connectivity index (χ2n) is 2.64. The van der Waals surface area contributed by atoms with Gasteiger partial charge in [0, 0.05) is 6.10 Å². The minimum absolute atomic E-state index is 0.167. The van der Waals surface area contributed by atoms with E-state index in [2.05, 4.69) is 6.92 Å². The average molecular weight is 273 g/mol. The molecule has 0 spiro atoms. The van der Waals surface area contributed by atoms with Gasteiger partial charge in [-0.2, -0.15) is 24.6 Å². The van der Waals surface area contributed by atoms with Crippen LogP contribution in [0.25, 0.3) is 0 Å². The van der Waals surface area contributed by atoms with Crippen molar-refractivity contribution >= 4 is 19.7 Å². The molecule has 0 aliphatic heterocycles. The summed E-state index contributed by atoms with van der Waals surface area (Å²) in [5, 5.41) is 8.06. The van der Waals surface area contributed by atoms with Gasteiger partial charge in [0.05, 0.1) is 0 Å². The Morgan fingerprint density at radius 2 is 1.50 bits per heavy atom. The fourth-order valence-corrected chi connectivity index (χ4v) is 0.478. The van der Waals surface area contributed by atoms with Gasteiger partial charge >= 0.3 is 34.1 Å². The van der Waals surface area contributed by atoms with Crippen LogP contribution in [0.3, 0.4) is 0 Å². The molecule has 14 heavy (non-hydrogen) atoms. The molecule has 0 aliphatic carbocycles. The van der Waals surface area contributed by atoms with Crippen LogP contribution >= 0.6 is 19.7 Å². The van der Waals surface area contributed by atoms with Crippen LogP contribution in [0, 0.1) is 6.92 Å². The van der Waals surface area contributed by atoms with Crippen LogP contribution < -0.4 is 0 Å². The molecule has 81 valence electrons. The van der Waals surface area contributed by atoms with Crippen LogP contribution in [0.2, 0.25) is 0 Å². The molecule has 0 bridgehead atoms. The van der Waals surface area contributed by atoms with E-state index in [4.69, 9.17) is 24.8 Å². The molecular formula is C10H15Cl2OV-. The number of rotatable bonds is 0. The van der Waals surface area contributed by atoms with E-state index < -0.39 is 0 Å². The van der Waals surface area contributed by atoms with Gasteiger partial charge < -0.3 is 5.11 Å². The first-order chi connectivity index (χ1) is 6.54. The molecule has 0 radical (unpaired) electrons. The molecule has 1 nitrogen and oxygen atoms in total. The van der Waals surface area contributed by atoms with E-state index in [1.165, 1.54) is 0 Å². The fourth-order valence-electron chi connectivity index (χ4n) is 0.478. The quantitative estimate of drug-likeness (QED) is 0.715. The molecule has 0 atom stereocenters. The Morgan fingerprint density at radius 3 is 1.64 bits per heavy atom. The monoisotopic (exact) mass is 272 g/mol. The molecule has 1 aromatic carbocycles. The molecule has 0 heterocycles. The van der Waals surface area contributed by atoms with Gasteiger partial charge in [-0.1, -0.05) is 6.07 Å². The van der Waals surface area contributed by atoms with Gasteiger partial charge in [-0.15, -0.1) is 12.1 Å². The fraction of sp³-hybridized carbons (Fsp3) is 0.300. The van der Waals surface area contributed by atoms with Crippen molar-refractivity contribution in [3.8, 4) is 0 Å². The molecule has 0 aliphatic rings. The molecular weight excluding hydrogens is 258 g/mol. The predicted octanol–water partition coefficient (Wildman–Crippen LogP) is 3.63. The van der Waals surface area contributed by atoms with E-state index in [0.29, 0.717) is 0 Å². The van der Waals surface area contributed by atoms with Crippen LogP contribution in [0.4, 0.5) is 0 Å². The van der Waals surface area contributed by atoms with Gasteiger partial charge in [0.2, 0.25) is 0 Å². The third-order valence-electron chi connectivity index (χ3n) is 0.843. The van der Waals surface area contributed by atoms with E-state index in [0.717, 1.165) is 5.56 Å². The van der Waals surface area contributed by atoms with Crippen LogP contribution in [0.15, 0.2) is 30.3 Å². The first kappa shape index (κ1) is 16.6. The Hall–Kier alpha value is 0.214. The Morgan fingerprint density at radius 1 is 1.21 bits per heavy atom. The van der Waals surface area contributed by atoms with Crippen LogP contribution in [0.1, 0.15) is 19.4 Å². The summed E-state index contributed by atoms with van der Waals surface area (Å²) < 4.78 is 0. The summed E-state index contributed by atoms with van der Waals surface area (Å²) in [5.74, 6) is 0. The molecule has 0 aromatic heterocycles. The number of hydrogen-bond acceptors (Lipinski definition) is 1. The van der Waals surface area contributed by atoms with Gasteiger partial charge in [-0.3, -0.25) is 0 Å². The van der Waals surface area contributed by atoms with Crippen molar-refractivity contribution in [2.75, 3.05) is 0 Å². The van der Waals surface area contributed by atoms with Gasteiger partial charge in [-0.25, -0.2) is 0 Å². The third-order valence-corrected chi connectivity index (χ3v) is 0.843. The summed E-state index contributed by atoms with van der Waals surface area (Å²) in [6, 6.07) is 9.87. The number of halogens is 2. The van der Waals surface area contributed by atoms with Gasteiger partial charge in [0.1, 0.15) is 0 Å². The van der Waals surface area contributed by atoms with Gasteiger partial charge in [-0.05, 0) is 13.8 Å². The van der Waals surface area contributed by atoms with E-state index in [-0.39, 0.29) is 20.5 Å². The number of benzene rings is 1. The molecule has 0 saturated carbocycles. The van der Waals surface area contributed by atoms with Crippen molar-refractivity contribution in [2.45, 2.75) is 20.0 Å². The average Bonchev–Trinajstić information content (AvgIpc) is 2.05. The van der Waals surface area contributed by atoms with Crippen molar-refractivity contribution in [1.82, 2.24) is 0 Å². The standard InChI is InChI=1S/C7H7.C3H8O.2ClH.V/c1-7-5-3-2-4-6-7;1-3(2)4;;;/h2-6H,1H2;3-4H,1-2H3;2*1H;/q-1;;;;+2/p-2. The third kappa shape index (κ3) is 22.8. The summed E-state index contributed by atoms with van der Waals surface area (Å²) in [6.45, 7) is 7.16. The Kier molecular flexibility index (Phi) is 15.7. The number of aliphatic hydroxyl groups is 1. The summed E-state index contributed by atoms with van der Waals surface area (Å²) >= 11 is -0.368. The van der Waals surface area contributed by atoms with Crippen molar-refractivity contribution < 1.29 is 19.5 Å². The Balaban J connectivity index is 0. The first-order valence-corrected chi connectivity index (χ1v) is 7.86. The molecule has 0 fully saturated rings. The maximum absolute atomic E-state index is 8.06. The molecule has 1 rings (SSSR count). The summed E-state index contributed by atoms with van der Waals surface area (Å²) in [5.41, 5.74) is 1.07. The van der Waals surface area contributed by atoms with E-state index in [9.17, 15) is 0 Å². The molecule has 1 aromatic rings. The predicted molar refractivity (Wildman–Crippen MR) is 60.0 cm³/mol. The van der Waals surface area contributed by atoms with Crippen molar-refractivity contribution in [1.29, 1.82) is 0 Å². The summed E-state index contributed by atoms with van der Waals surface area (Å²) in [6.07, 6.45) is -0.167. The van der Waals surface area contributed by atoms with E-state index in [1.807, 2.05) is 30.3 Å². The van der Waals surface area contributed by atoms with Crippen LogP contribution in [-0.2, 0) is 14.4 Å². The number of aliphatic hydroxyl groups excluding tert-OH is 1. The SMILES string of the molecule is CC(C)O.[CH2-]c1ccccc1.[Cl][V][Cl]. The molecule has 0 unspecified atom stereocenters. The van der Waals surface area contributed by atoms with Gasteiger partial charge in [0.25, 0.3) is 0 Å². The maximum atomic E-state index is 8.06. The molecule has 1 N–H and O–H groups in total. The zero-order valence-corrected chi connectivity index (χ0v) is 11.2. The molecule has 0 saturated heterocycles. The van der Waals surface area contributed by atoms with Crippen molar-refractivity contribution in [3.05, 3.63) is 42.8 Å². The Labute approximate surface area is 102 Å². The Bertz CT molecular complexity index is 190. The molecule has 4 heteroatoms. The molecule has 0 amide bonds. The first-order valence-electron chi connectivity index (χ1n) is 4.02. The van der Waals surface area contributed by atoms with Crippen LogP contribution in [-0.4, -0.2) is 11.2 Å². The number of hydrogen-bond donors (Lipinski definition) is 1. The normalized spacial score (nSPS) is 7.86. The van der Waals surface area contributed by atoms with E-state index in [1.54, 1.807) is 13.8 Å². The topological polar surface area (TPSA) is 20.2 Å². The van der Waals surface area contributed by atoms with Gasteiger partial charge in [0.15, 0.2) is 0 Å². The van der Waals surface area contributed by atoms with Crippen LogP contribution in [0.5, 0.6) is 0 Å². The minimum atomic E-state index is -0.368.